The van der Waals surface area contributed by atoms with Crippen molar-refractivity contribution in [2.24, 2.45) is 0 Å². The highest BCUT2D eigenvalue weighted by Gasteiger charge is 2.30. The van der Waals surface area contributed by atoms with Crippen LogP contribution >= 0.6 is 23.4 Å². The molecule has 0 aliphatic rings. The predicted molar refractivity (Wildman–Crippen MR) is 120 cm³/mol. The highest BCUT2D eigenvalue weighted by atomic mass is 35.5. The molecule has 3 N–H and O–H groups in total. The molecule has 31 heavy (non-hydrogen) atoms. The molecule has 0 aliphatic heterocycles. The summed E-state index contributed by atoms with van der Waals surface area (Å²) in [5.74, 6) is -0.153. The van der Waals surface area contributed by atoms with Crippen molar-refractivity contribution in [2.75, 3.05) is 12.4 Å². The molecule has 0 aliphatic carbocycles. The number of allylic oxidation sites excluding steroid dienone is 1. The maximum Gasteiger partial charge on any atom is 0.446 e. The zero-order chi connectivity index (χ0) is 23.6. The molecular formula is C22H25ClF3NO3S. The van der Waals surface area contributed by atoms with E-state index in [4.69, 9.17) is 16.3 Å². The molecule has 0 saturated carbocycles. The van der Waals surface area contributed by atoms with Crippen LogP contribution in [0.4, 0.5) is 18.9 Å². The van der Waals surface area contributed by atoms with Gasteiger partial charge in [-0.25, -0.2) is 0 Å². The van der Waals surface area contributed by atoms with E-state index >= 15 is 0 Å². The molecule has 0 radical (unpaired) electrons. The molecule has 170 valence electrons. The van der Waals surface area contributed by atoms with Crippen LogP contribution in [0, 0.1) is 0 Å². The van der Waals surface area contributed by atoms with E-state index in [1.165, 1.54) is 31.4 Å². The third-order valence-corrected chi connectivity index (χ3v) is 5.40. The highest BCUT2D eigenvalue weighted by Crippen LogP contribution is 2.47. The molecule has 0 aromatic heterocycles. The first kappa shape index (κ1) is 25.1. The molecular weight excluding hydrogens is 451 g/mol. The summed E-state index contributed by atoms with van der Waals surface area (Å²) in [7, 11) is 1.37. The fourth-order valence-electron chi connectivity index (χ4n) is 3.03. The summed E-state index contributed by atoms with van der Waals surface area (Å²) in [6.07, 6.45) is 2.32. The van der Waals surface area contributed by atoms with E-state index in [1.54, 1.807) is 6.08 Å². The number of halogens is 4. The van der Waals surface area contributed by atoms with Crippen molar-refractivity contribution < 1.29 is 28.1 Å². The normalized spacial score (nSPS) is 12.7. The number of anilines is 1. The largest absolute Gasteiger partial charge is 0.507 e. The quantitative estimate of drug-likeness (QED) is 0.297. The molecule has 0 spiro atoms. The summed E-state index contributed by atoms with van der Waals surface area (Å²) in [4.78, 5) is -0.0446. The summed E-state index contributed by atoms with van der Waals surface area (Å²) in [6.45, 7) is 7.55. The zero-order valence-electron chi connectivity index (χ0n) is 17.8. The van der Waals surface area contributed by atoms with E-state index in [2.05, 4.69) is 5.32 Å². The molecule has 9 heteroatoms. The number of hydrogen-bond donors (Lipinski definition) is 3. The molecule has 0 unspecified atom stereocenters. The van der Waals surface area contributed by atoms with Gasteiger partial charge in [-0.05, 0) is 47.9 Å². The molecule has 2 aromatic rings. The van der Waals surface area contributed by atoms with Crippen molar-refractivity contribution in [3.8, 4) is 17.2 Å². The van der Waals surface area contributed by atoms with Gasteiger partial charge in [-0.15, -0.1) is 0 Å². The molecule has 0 atom stereocenters. The van der Waals surface area contributed by atoms with Gasteiger partial charge in [0.25, 0.3) is 0 Å². The van der Waals surface area contributed by atoms with Gasteiger partial charge < -0.3 is 20.3 Å². The first-order chi connectivity index (χ1) is 14.3. The first-order valence-corrected chi connectivity index (χ1v) is 10.6. The van der Waals surface area contributed by atoms with E-state index in [0.29, 0.717) is 23.4 Å². The third-order valence-electron chi connectivity index (χ3n) is 4.37. The second kappa shape index (κ2) is 9.53. The maximum absolute atomic E-state index is 12.6. The Bertz CT molecular complexity index is 985. The number of methoxy groups -OCH3 is 1. The Morgan fingerprint density at radius 2 is 1.84 bits per heavy atom. The summed E-state index contributed by atoms with van der Waals surface area (Å²) >= 11 is 5.97. The van der Waals surface area contributed by atoms with Gasteiger partial charge in [-0.1, -0.05) is 45.4 Å². The van der Waals surface area contributed by atoms with Gasteiger partial charge in [-0.2, -0.15) is 13.2 Å². The second-order valence-electron chi connectivity index (χ2n) is 7.79. The Morgan fingerprint density at radius 1 is 1.19 bits per heavy atom. The Hall–Kier alpha value is -2.19. The molecule has 0 bridgehead atoms. The Balaban J connectivity index is 2.58. The van der Waals surface area contributed by atoms with Crippen LogP contribution in [0.15, 0.2) is 35.2 Å². The van der Waals surface area contributed by atoms with Crippen molar-refractivity contribution in [1.29, 1.82) is 0 Å². The summed E-state index contributed by atoms with van der Waals surface area (Å²) < 4.78 is 43.2. The number of alkyl halides is 3. The van der Waals surface area contributed by atoms with E-state index in [1.807, 2.05) is 27.7 Å². The zero-order valence-corrected chi connectivity index (χ0v) is 19.4. The van der Waals surface area contributed by atoms with Crippen molar-refractivity contribution in [2.45, 2.75) is 49.9 Å². The molecule has 0 amide bonds. The number of aromatic hydroxyl groups is 2. The van der Waals surface area contributed by atoms with Crippen LogP contribution < -0.4 is 10.1 Å². The van der Waals surface area contributed by atoms with Crippen LogP contribution in [-0.2, 0) is 5.41 Å². The smallest absolute Gasteiger partial charge is 0.446 e. The summed E-state index contributed by atoms with van der Waals surface area (Å²) in [5, 5.41) is 24.7. The highest BCUT2D eigenvalue weighted by molar-refractivity contribution is 8.00. The van der Waals surface area contributed by atoms with E-state index in [9.17, 15) is 23.4 Å². The lowest BCUT2D eigenvalue weighted by Gasteiger charge is -2.25. The van der Waals surface area contributed by atoms with E-state index < -0.39 is 10.9 Å². The van der Waals surface area contributed by atoms with Gasteiger partial charge in [0.15, 0.2) is 11.5 Å². The van der Waals surface area contributed by atoms with Crippen LogP contribution in [0.25, 0.3) is 5.70 Å². The fourth-order valence-corrected chi connectivity index (χ4v) is 3.90. The number of phenols is 2. The minimum atomic E-state index is -4.42. The predicted octanol–water partition coefficient (Wildman–Crippen LogP) is 7.53. The topological polar surface area (TPSA) is 61.7 Å². The maximum atomic E-state index is 12.6. The minimum absolute atomic E-state index is 0.0446. The van der Waals surface area contributed by atoms with Crippen LogP contribution in [0.3, 0.4) is 0 Å². The fraction of sp³-hybridized carbons (Fsp3) is 0.364. The van der Waals surface area contributed by atoms with Gasteiger partial charge in [0.1, 0.15) is 5.75 Å². The van der Waals surface area contributed by atoms with Gasteiger partial charge in [0, 0.05) is 16.2 Å². The SMILES string of the molecule is CC/C=C(/Nc1ccc(SC(F)(F)F)cc1Cl)c1c(O)c(C(C)(C)C)cc(O)c1OC. The Labute approximate surface area is 189 Å². The van der Waals surface area contributed by atoms with Gasteiger partial charge >= 0.3 is 5.51 Å². The third kappa shape index (κ3) is 6.17. The van der Waals surface area contributed by atoms with Crippen LogP contribution in [-0.4, -0.2) is 22.8 Å². The monoisotopic (exact) mass is 475 g/mol. The minimum Gasteiger partial charge on any atom is -0.507 e. The molecule has 0 heterocycles. The standard InChI is InChI=1S/C22H25ClF3NO3S/c1-6-7-16(27-15-9-8-12(10-14(15)23)31-22(24,25)26)18-19(29)13(21(2,3)4)11-17(28)20(18)30-5/h7-11,27-29H,6H2,1-5H3/b16-7+. The lowest BCUT2D eigenvalue weighted by Crippen LogP contribution is -2.13. The van der Waals surface area contributed by atoms with Gasteiger partial charge in [0.2, 0.25) is 0 Å². The van der Waals surface area contributed by atoms with Crippen LogP contribution in [0.2, 0.25) is 5.02 Å². The lowest BCUT2D eigenvalue weighted by molar-refractivity contribution is -0.0328. The van der Waals surface area contributed by atoms with Crippen molar-refractivity contribution in [3.05, 3.63) is 46.5 Å². The molecule has 2 aromatic carbocycles. The average Bonchev–Trinajstić information content (AvgIpc) is 2.62. The molecule has 0 saturated heterocycles. The Morgan fingerprint density at radius 3 is 2.32 bits per heavy atom. The molecule has 2 rings (SSSR count). The van der Waals surface area contributed by atoms with Crippen LogP contribution in [0.5, 0.6) is 17.2 Å². The molecule has 4 nitrogen and oxygen atoms in total. The average molecular weight is 476 g/mol. The van der Waals surface area contributed by atoms with Crippen molar-refractivity contribution in [3.63, 3.8) is 0 Å². The number of rotatable bonds is 6. The van der Waals surface area contributed by atoms with Gasteiger partial charge in [0.05, 0.1) is 23.4 Å². The number of phenolic OH excluding ortho intramolecular Hbond substituents is 2. The second-order valence-corrected chi connectivity index (χ2v) is 9.34. The number of nitrogens with one attached hydrogen (secondary N) is 1. The summed E-state index contributed by atoms with van der Waals surface area (Å²) in [6, 6.07) is 5.40. The number of ether oxygens (including phenoxy) is 1. The van der Waals surface area contributed by atoms with Crippen molar-refractivity contribution >= 4 is 34.7 Å². The van der Waals surface area contributed by atoms with Crippen LogP contribution in [0.1, 0.15) is 45.2 Å². The van der Waals surface area contributed by atoms with E-state index in [-0.39, 0.29) is 44.5 Å². The number of hydrogen-bond acceptors (Lipinski definition) is 5. The first-order valence-electron chi connectivity index (χ1n) is 9.44. The lowest BCUT2D eigenvalue weighted by atomic mass is 9.84. The summed E-state index contributed by atoms with van der Waals surface area (Å²) in [5.41, 5.74) is -3.41. The Kier molecular flexibility index (Phi) is 7.70. The molecule has 0 fully saturated rings. The number of benzene rings is 2. The van der Waals surface area contributed by atoms with Gasteiger partial charge in [-0.3, -0.25) is 0 Å². The number of thioether (sulfide) groups is 1. The van der Waals surface area contributed by atoms with E-state index in [0.717, 1.165) is 0 Å². The van der Waals surface area contributed by atoms with Crippen molar-refractivity contribution in [1.82, 2.24) is 0 Å².